The summed E-state index contributed by atoms with van der Waals surface area (Å²) in [4.78, 5) is 4.43. The Hall–Kier alpha value is -0.550. The lowest BCUT2D eigenvalue weighted by atomic mass is 9.93. The zero-order valence-corrected chi connectivity index (χ0v) is 12.6. The molecule has 1 aromatic rings. The van der Waals surface area contributed by atoms with Crippen molar-refractivity contribution in [1.29, 1.82) is 0 Å². The molecule has 1 N–H and O–H groups in total. The van der Waals surface area contributed by atoms with Gasteiger partial charge in [0, 0.05) is 23.3 Å². The third-order valence-corrected chi connectivity index (χ3v) is 5.50. The average molecular weight is 268 g/mol. The first-order chi connectivity index (χ1) is 8.57. The Morgan fingerprint density at radius 3 is 2.89 bits per heavy atom. The fourth-order valence-corrected chi connectivity index (χ4v) is 4.18. The van der Waals surface area contributed by atoms with Crippen LogP contribution in [0.25, 0.3) is 0 Å². The summed E-state index contributed by atoms with van der Waals surface area (Å²) in [5, 5.41) is 7.81. The molecular weight excluding hydrogens is 244 g/mol. The molecule has 1 aliphatic heterocycles. The van der Waals surface area contributed by atoms with Crippen molar-refractivity contribution in [3.8, 4) is 0 Å². The number of hydrogen-bond acceptors (Lipinski definition) is 4. The van der Waals surface area contributed by atoms with Gasteiger partial charge >= 0.3 is 0 Å². The normalized spacial score (nSPS) is 25.8. The summed E-state index contributed by atoms with van der Waals surface area (Å²) >= 11 is 2.09. The number of thioether (sulfide) groups is 1. The molecule has 1 aromatic heterocycles. The van der Waals surface area contributed by atoms with E-state index >= 15 is 0 Å². The molecule has 5 heteroatoms. The lowest BCUT2D eigenvalue weighted by molar-refractivity contribution is 0.400. The van der Waals surface area contributed by atoms with E-state index in [9.17, 15) is 0 Å². The fourth-order valence-electron chi connectivity index (χ4n) is 2.73. The number of hydrogen-bond donors (Lipinski definition) is 1. The van der Waals surface area contributed by atoms with Crippen molar-refractivity contribution >= 4 is 11.8 Å². The van der Waals surface area contributed by atoms with Crippen LogP contribution in [0.15, 0.2) is 6.33 Å². The predicted molar refractivity (Wildman–Crippen MR) is 77.1 cm³/mol. The van der Waals surface area contributed by atoms with Gasteiger partial charge < -0.3 is 5.32 Å². The zero-order valence-electron chi connectivity index (χ0n) is 11.8. The molecule has 1 saturated heterocycles. The molecule has 0 aliphatic carbocycles. The molecular formula is C13H24N4S. The minimum Gasteiger partial charge on any atom is -0.315 e. The molecule has 2 heterocycles. The van der Waals surface area contributed by atoms with Crippen LogP contribution in [0.5, 0.6) is 0 Å². The molecule has 0 saturated carbocycles. The summed E-state index contributed by atoms with van der Waals surface area (Å²) in [5.74, 6) is 2.38. The third kappa shape index (κ3) is 2.72. The Kier molecular flexibility index (Phi) is 4.33. The van der Waals surface area contributed by atoms with E-state index in [1.807, 2.05) is 4.68 Å². The maximum absolute atomic E-state index is 4.43. The highest BCUT2D eigenvalue weighted by Gasteiger charge is 2.37. The Morgan fingerprint density at radius 1 is 1.56 bits per heavy atom. The lowest BCUT2D eigenvalue weighted by Gasteiger charge is -2.33. The first-order valence-electron chi connectivity index (χ1n) is 6.76. The van der Waals surface area contributed by atoms with E-state index in [0.29, 0.717) is 16.8 Å². The third-order valence-electron chi connectivity index (χ3n) is 3.86. The van der Waals surface area contributed by atoms with Gasteiger partial charge in [0.1, 0.15) is 12.2 Å². The zero-order chi connectivity index (χ0) is 13.2. The molecule has 0 spiro atoms. The molecule has 1 aliphatic rings. The molecule has 4 nitrogen and oxygen atoms in total. The minimum atomic E-state index is 0.336. The average Bonchev–Trinajstić information content (AvgIpc) is 2.95. The van der Waals surface area contributed by atoms with E-state index in [1.54, 1.807) is 6.33 Å². The van der Waals surface area contributed by atoms with Crippen LogP contribution in [0, 0.1) is 0 Å². The second kappa shape index (κ2) is 5.61. The summed E-state index contributed by atoms with van der Waals surface area (Å²) in [6.07, 6.45) is 5.25. The van der Waals surface area contributed by atoms with Gasteiger partial charge in [-0.1, -0.05) is 0 Å². The van der Waals surface area contributed by atoms with Gasteiger partial charge in [-0.15, -0.1) is 0 Å². The summed E-state index contributed by atoms with van der Waals surface area (Å²) in [6, 6.07) is 0.843. The van der Waals surface area contributed by atoms with Gasteiger partial charge in [-0.05, 0) is 46.4 Å². The standard InChI is InChI=1S/C13H24N4S/c1-10(2)17-12(15-9-16-17)8-11(14-4)13(3)6-5-7-18-13/h9-11,14H,5-8H2,1-4H3. The first-order valence-corrected chi connectivity index (χ1v) is 7.75. The number of rotatable bonds is 5. The van der Waals surface area contributed by atoms with Gasteiger partial charge in [0.2, 0.25) is 0 Å². The second-order valence-corrected chi connectivity index (χ2v) is 7.15. The Bertz CT molecular complexity index is 382. The van der Waals surface area contributed by atoms with Crippen molar-refractivity contribution in [1.82, 2.24) is 20.1 Å². The van der Waals surface area contributed by atoms with Gasteiger partial charge in [0.15, 0.2) is 0 Å². The molecule has 102 valence electrons. The van der Waals surface area contributed by atoms with E-state index in [4.69, 9.17) is 0 Å². The van der Waals surface area contributed by atoms with E-state index in [-0.39, 0.29) is 0 Å². The van der Waals surface area contributed by atoms with Crippen LogP contribution in [0.1, 0.15) is 45.5 Å². The molecule has 0 aromatic carbocycles. The van der Waals surface area contributed by atoms with Crippen molar-refractivity contribution in [2.45, 2.75) is 56.9 Å². The first kappa shape index (κ1) is 13.9. The molecule has 2 atom stereocenters. The van der Waals surface area contributed by atoms with E-state index in [2.05, 4.69) is 55.0 Å². The monoisotopic (exact) mass is 268 g/mol. The minimum absolute atomic E-state index is 0.336. The van der Waals surface area contributed by atoms with Gasteiger partial charge in [0.25, 0.3) is 0 Å². The van der Waals surface area contributed by atoms with Crippen molar-refractivity contribution in [2.75, 3.05) is 12.8 Å². The predicted octanol–water partition coefficient (Wildman–Crippen LogP) is 2.28. The van der Waals surface area contributed by atoms with Gasteiger partial charge in [-0.25, -0.2) is 9.67 Å². The van der Waals surface area contributed by atoms with Crippen LogP contribution in [-0.4, -0.2) is 38.4 Å². The quantitative estimate of drug-likeness (QED) is 0.889. The van der Waals surface area contributed by atoms with Crippen molar-refractivity contribution in [3.05, 3.63) is 12.2 Å². The molecule has 1 fully saturated rings. The topological polar surface area (TPSA) is 42.7 Å². The Balaban J connectivity index is 2.12. The number of likely N-dealkylation sites (N-methyl/N-ethyl adjacent to an activating group) is 1. The van der Waals surface area contributed by atoms with Crippen LogP contribution in [-0.2, 0) is 6.42 Å². The molecule has 0 radical (unpaired) electrons. The van der Waals surface area contributed by atoms with Gasteiger partial charge in [-0.3, -0.25) is 0 Å². The fraction of sp³-hybridized carbons (Fsp3) is 0.846. The van der Waals surface area contributed by atoms with Crippen LogP contribution >= 0.6 is 11.8 Å². The van der Waals surface area contributed by atoms with Crippen LogP contribution < -0.4 is 5.32 Å². The number of nitrogens with one attached hydrogen (secondary N) is 1. The van der Waals surface area contributed by atoms with E-state index in [1.165, 1.54) is 18.6 Å². The van der Waals surface area contributed by atoms with Crippen molar-refractivity contribution in [2.24, 2.45) is 0 Å². The molecule has 2 rings (SSSR count). The van der Waals surface area contributed by atoms with Crippen LogP contribution in [0.2, 0.25) is 0 Å². The summed E-state index contributed by atoms with van der Waals surface area (Å²) in [5.41, 5.74) is 0. The molecule has 18 heavy (non-hydrogen) atoms. The summed E-state index contributed by atoms with van der Waals surface area (Å²) in [7, 11) is 2.06. The highest BCUT2D eigenvalue weighted by atomic mass is 32.2. The largest absolute Gasteiger partial charge is 0.315 e. The molecule has 0 bridgehead atoms. The van der Waals surface area contributed by atoms with E-state index in [0.717, 1.165) is 12.2 Å². The Morgan fingerprint density at radius 2 is 2.33 bits per heavy atom. The Labute approximate surface area is 114 Å². The maximum Gasteiger partial charge on any atom is 0.138 e. The number of nitrogens with zero attached hydrogens (tertiary/aromatic N) is 3. The molecule has 2 unspecified atom stereocenters. The summed E-state index contributed by atoms with van der Waals surface area (Å²) < 4.78 is 2.37. The smallest absolute Gasteiger partial charge is 0.138 e. The highest BCUT2D eigenvalue weighted by molar-refractivity contribution is 8.00. The van der Waals surface area contributed by atoms with E-state index < -0.39 is 0 Å². The lowest BCUT2D eigenvalue weighted by Crippen LogP contribution is -2.45. The SMILES string of the molecule is CNC(Cc1ncnn1C(C)C)C1(C)CCCS1. The van der Waals surface area contributed by atoms with Crippen molar-refractivity contribution in [3.63, 3.8) is 0 Å². The van der Waals surface area contributed by atoms with Gasteiger partial charge in [0.05, 0.1) is 0 Å². The highest BCUT2D eigenvalue weighted by Crippen LogP contribution is 2.41. The molecule has 0 amide bonds. The summed E-state index contributed by atoms with van der Waals surface area (Å²) in [6.45, 7) is 6.68. The van der Waals surface area contributed by atoms with Crippen molar-refractivity contribution < 1.29 is 0 Å². The maximum atomic E-state index is 4.43. The van der Waals surface area contributed by atoms with Crippen LogP contribution in [0.3, 0.4) is 0 Å². The number of aromatic nitrogens is 3. The van der Waals surface area contributed by atoms with Gasteiger partial charge in [-0.2, -0.15) is 16.9 Å². The second-order valence-electron chi connectivity index (χ2n) is 5.52. The van der Waals surface area contributed by atoms with Crippen LogP contribution in [0.4, 0.5) is 0 Å².